The Labute approximate surface area is 127 Å². The molecule has 21 heavy (non-hydrogen) atoms. The zero-order chi connectivity index (χ0) is 14.8. The van der Waals surface area contributed by atoms with E-state index in [0.29, 0.717) is 22.8 Å². The molecule has 0 bridgehead atoms. The summed E-state index contributed by atoms with van der Waals surface area (Å²) in [6, 6.07) is 5.72. The average Bonchev–Trinajstić information content (AvgIpc) is 3.24. The van der Waals surface area contributed by atoms with E-state index in [1.165, 1.54) is 6.20 Å². The summed E-state index contributed by atoms with van der Waals surface area (Å²) in [5, 5.41) is 3.79. The smallest absolute Gasteiger partial charge is 0.201 e. The van der Waals surface area contributed by atoms with Crippen LogP contribution in [-0.2, 0) is 5.75 Å². The van der Waals surface area contributed by atoms with Gasteiger partial charge in [0, 0.05) is 11.7 Å². The van der Waals surface area contributed by atoms with Crippen LogP contribution in [0, 0.1) is 0 Å². The van der Waals surface area contributed by atoms with Crippen LogP contribution in [0.4, 0.5) is 0 Å². The fraction of sp³-hybridized carbons (Fsp3) is 0.375. The van der Waals surface area contributed by atoms with Crippen molar-refractivity contribution in [3.63, 3.8) is 0 Å². The van der Waals surface area contributed by atoms with Gasteiger partial charge in [0.15, 0.2) is 5.76 Å². The van der Waals surface area contributed by atoms with Crippen LogP contribution in [0.25, 0.3) is 0 Å². The number of hydrogen-bond acceptors (Lipinski definition) is 5. The third kappa shape index (κ3) is 2.83. The summed E-state index contributed by atoms with van der Waals surface area (Å²) in [5.41, 5.74) is 2.27. The summed E-state index contributed by atoms with van der Waals surface area (Å²) in [5.74, 6) is 2.49. The van der Waals surface area contributed by atoms with Crippen LogP contribution < -0.4 is 4.74 Å². The van der Waals surface area contributed by atoms with Crippen molar-refractivity contribution in [2.45, 2.75) is 24.5 Å². The van der Waals surface area contributed by atoms with Gasteiger partial charge >= 0.3 is 0 Å². The lowest BCUT2D eigenvalue weighted by molar-refractivity contribution is 0.103. The van der Waals surface area contributed by atoms with Crippen LogP contribution >= 0.6 is 11.8 Å². The van der Waals surface area contributed by atoms with Gasteiger partial charge in [0.25, 0.3) is 0 Å². The molecular formula is C16H17NO3S. The second-order valence-corrected chi connectivity index (χ2v) is 6.04. The molecule has 1 heterocycles. The van der Waals surface area contributed by atoms with Crippen molar-refractivity contribution in [1.29, 1.82) is 0 Å². The van der Waals surface area contributed by atoms with Gasteiger partial charge in [-0.25, -0.2) is 0 Å². The van der Waals surface area contributed by atoms with Crippen molar-refractivity contribution >= 4 is 17.5 Å². The standard InChI is InChI=1S/C16H17NO3S/c1-19-14-7-10(9-21-2)3-6-12(14)15(18)13-8-17-20-16(13)11-4-5-11/h3,6-8,11H,4-5,9H2,1-2H3. The minimum Gasteiger partial charge on any atom is -0.496 e. The number of benzene rings is 1. The van der Waals surface area contributed by atoms with Crippen molar-refractivity contribution < 1.29 is 14.1 Å². The zero-order valence-corrected chi connectivity index (χ0v) is 12.9. The lowest BCUT2D eigenvalue weighted by Crippen LogP contribution is -2.05. The predicted molar refractivity (Wildman–Crippen MR) is 82.1 cm³/mol. The van der Waals surface area contributed by atoms with E-state index < -0.39 is 0 Å². The van der Waals surface area contributed by atoms with E-state index in [1.54, 1.807) is 18.9 Å². The Morgan fingerprint density at radius 3 is 2.90 bits per heavy atom. The third-order valence-electron chi connectivity index (χ3n) is 3.61. The second kappa shape index (κ2) is 5.93. The van der Waals surface area contributed by atoms with Crippen molar-refractivity contribution in [2.75, 3.05) is 13.4 Å². The molecule has 0 amide bonds. The van der Waals surface area contributed by atoms with Crippen molar-refractivity contribution in [3.8, 4) is 5.75 Å². The van der Waals surface area contributed by atoms with E-state index in [4.69, 9.17) is 9.26 Å². The number of rotatable bonds is 6. The van der Waals surface area contributed by atoms with Gasteiger partial charge in [0.1, 0.15) is 5.75 Å². The molecule has 0 atom stereocenters. The molecule has 1 aliphatic rings. The summed E-state index contributed by atoms with van der Waals surface area (Å²) >= 11 is 1.74. The van der Waals surface area contributed by atoms with Crippen LogP contribution in [-0.4, -0.2) is 24.3 Å². The molecule has 0 N–H and O–H groups in total. The zero-order valence-electron chi connectivity index (χ0n) is 12.1. The van der Waals surface area contributed by atoms with Crippen LogP contribution in [0.1, 0.15) is 46.0 Å². The summed E-state index contributed by atoms with van der Waals surface area (Å²) in [6.07, 6.45) is 5.70. The molecule has 0 saturated heterocycles. The molecule has 0 aliphatic heterocycles. The molecule has 0 radical (unpaired) electrons. The highest BCUT2D eigenvalue weighted by Crippen LogP contribution is 2.42. The Morgan fingerprint density at radius 2 is 2.24 bits per heavy atom. The third-order valence-corrected chi connectivity index (χ3v) is 4.23. The average molecular weight is 303 g/mol. The molecule has 0 unspecified atom stereocenters. The topological polar surface area (TPSA) is 52.3 Å². The second-order valence-electron chi connectivity index (χ2n) is 5.17. The maximum absolute atomic E-state index is 12.7. The minimum absolute atomic E-state index is 0.0781. The Hall–Kier alpha value is -1.75. The molecule has 1 fully saturated rings. The predicted octanol–water partition coefficient (Wildman–Crippen LogP) is 3.65. The quantitative estimate of drug-likeness (QED) is 0.762. The van der Waals surface area contributed by atoms with Crippen LogP contribution in [0.2, 0.25) is 0 Å². The molecule has 4 nitrogen and oxygen atoms in total. The van der Waals surface area contributed by atoms with Gasteiger partial charge in [-0.2, -0.15) is 11.8 Å². The lowest BCUT2D eigenvalue weighted by Gasteiger charge is -2.09. The number of methoxy groups -OCH3 is 1. The number of nitrogens with zero attached hydrogens (tertiary/aromatic N) is 1. The summed E-state index contributed by atoms with van der Waals surface area (Å²) in [6.45, 7) is 0. The number of hydrogen-bond donors (Lipinski definition) is 0. The first kappa shape index (κ1) is 14.2. The van der Waals surface area contributed by atoms with Gasteiger partial charge in [0.05, 0.1) is 24.4 Å². The monoisotopic (exact) mass is 303 g/mol. The van der Waals surface area contributed by atoms with Gasteiger partial charge in [-0.15, -0.1) is 0 Å². The number of carbonyl (C=O) groups is 1. The fourth-order valence-electron chi connectivity index (χ4n) is 2.38. The number of thioether (sulfide) groups is 1. The number of carbonyl (C=O) groups excluding carboxylic acids is 1. The normalized spacial score (nSPS) is 14.2. The van der Waals surface area contributed by atoms with Gasteiger partial charge in [-0.1, -0.05) is 11.2 Å². The highest BCUT2D eigenvalue weighted by atomic mass is 32.2. The molecule has 1 aromatic heterocycles. The molecule has 1 aromatic carbocycles. The number of ketones is 1. The molecule has 5 heteroatoms. The van der Waals surface area contributed by atoms with E-state index in [2.05, 4.69) is 5.16 Å². The molecule has 1 saturated carbocycles. The SMILES string of the molecule is COc1cc(CSC)ccc1C(=O)c1cnoc1C1CC1. The summed E-state index contributed by atoms with van der Waals surface area (Å²) < 4.78 is 10.6. The van der Waals surface area contributed by atoms with Crippen LogP contribution in [0.3, 0.4) is 0 Å². The Balaban J connectivity index is 1.95. The maximum Gasteiger partial charge on any atom is 0.201 e. The molecular weight excluding hydrogens is 286 g/mol. The van der Waals surface area contributed by atoms with Crippen LogP contribution in [0.15, 0.2) is 28.9 Å². The highest BCUT2D eigenvalue weighted by Gasteiger charge is 2.33. The summed E-state index contributed by atoms with van der Waals surface area (Å²) in [4.78, 5) is 12.7. The highest BCUT2D eigenvalue weighted by molar-refractivity contribution is 7.97. The largest absolute Gasteiger partial charge is 0.496 e. The Bertz CT molecular complexity index is 661. The molecule has 2 aromatic rings. The minimum atomic E-state index is -0.0781. The van der Waals surface area contributed by atoms with Crippen molar-refractivity contribution in [1.82, 2.24) is 5.16 Å². The van der Waals surface area contributed by atoms with Gasteiger partial charge in [-0.05, 0) is 36.8 Å². The van der Waals surface area contributed by atoms with Gasteiger partial charge < -0.3 is 9.26 Å². The lowest BCUT2D eigenvalue weighted by atomic mass is 10.0. The van der Waals surface area contributed by atoms with Crippen molar-refractivity contribution in [2.24, 2.45) is 0 Å². The van der Waals surface area contributed by atoms with Crippen molar-refractivity contribution in [3.05, 3.63) is 46.8 Å². The maximum atomic E-state index is 12.7. The van der Waals surface area contributed by atoms with E-state index in [-0.39, 0.29) is 5.78 Å². The first-order chi connectivity index (χ1) is 10.2. The molecule has 3 rings (SSSR count). The Kier molecular flexibility index (Phi) is 4.01. The van der Waals surface area contributed by atoms with Crippen LogP contribution in [0.5, 0.6) is 5.75 Å². The number of aromatic nitrogens is 1. The van der Waals surface area contributed by atoms with E-state index >= 15 is 0 Å². The van der Waals surface area contributed by atoms with E-state index in [0.717, 1.165) is 29.9 Å². The van der Waals surface area contributed by atoms with Gasteiger partial charge in [0.2, 0.25) is 5.78 Å². The first-order valence-electron chi connectivity index (χ1n) is 6.89. The Morgan fingerprint density at radius 1 is 1.43 bits per heavy atom. The fourth-order valence-corrected chi connectivity index (χ4v) is 2.90. The first-order valence-corrected chi connectivity index (χ1v) is 8.29. The van der Waals surface area contributed by atoms with E-state index in [9.17, 15) is 4.79 Å². The van der Waals surface area contributed by atoms with Gasteiger partial charge in [-0.3, -0.25) is 4.79 Å². The summed E-state index contributed by atoms with van der Waals surface area (Å²) in [7, 11) is 1.59. The van der Waals surface area contributed by atoms with E-state index in [1.807, 2.05) is 24.5 Å². The molecule has 0 spiro atoms. The number of ether oxygens (including phenoxy) is 1. The molecule has 110 valence electrons. The molecule has 1 aliphatic carbocycles.